The standard InChI is InChI=1S/C24H39ClO4/c1-6-17-14-20(29-22(27)28-16(3)25)10-12-23(17,4)19-9-11-24(5)18(13-19)7-8-21(24)15(2)26/h16-21H,6-14H2,1-5H3/t16?,17-,18-,19-,20+,21+,23-,24-/m0/s1. The highest BCUT2D eigenvalue weighted by atomic mass is 35.5. The third-order valence-corrected chi connectivity index (χ3v) is 9.14. The minimum atomic E-state index is -0.667. The number of ether oxygens (including phenoxy) is 2. The SMILES string of the molecule is CC[C@H]1C[C@H](OC(=O)OC(C)Cl)CC[C@]1(C)[C@H]1CC[C@@]2(C)[C@@H](CC[C@@H]2C(C)=O)C1. The van der Waals surface area contributed by atoms with Gasteiger partial charge in [0, 0.05) is 5.92 Å². The van der Waals surface area contributed by atoms with Crippen molar-refractivity contribution in [3.05, 3.63) is 0 Å². The van der Waals surface area contributed by atoms with Crippen LogP contribution >= 0.6 is 11.6 Å². The van der Waals surface area contributed by atoms with Crippen LogP contribution in [-0.2, 0) is 14.3 Å². The number of hydrogen-bond donors (Lipinski definition) is 0. The smallest absolute Gasteiger partial charge is 0.431 e. The number of carbonyl (C=O) groups excluding carboxylic acids is 2. The Morgan fingerprint density at radius 1 is 1.03 bits per heavy atom. The summed E-state index contributed by atoms with van der Waals surface area (Å²) in [6, 6.07) is 0. The van der Waals surface area contributed by atoms with Gasteiger partial charge in [-0.15, -0.1) is 0 Å². The molecule has 3 aliphatic carbocycles. The van der Waals surface area contributed by atoms with Crippen LogP contribution in [0.4, 0.5) is 4.79 Å². The van der Waals surface area contributed by atoms with Gasteiger partial charge in [-0.05, 0) is 93.8 Å². The van der Waals surface area contributed by atoms with Gasteiger partial charge in [0.25, 0.3) is 0 Å². The minimum absolute atomic E-state index is 0.0710. The third-order valence-electron chi connectivity index (χ3n) is 9.06. The molecule has 0 aromatic heterocycles. The highest BCUT2D eigenvalue weighted by Crippen LogP contribution is 2.62. The molecule has 5 heteroatoms. The van der Waals surface area contributed by atoms with Gasteiger partial charge < -0.3 is 9.47 Å². The Hall–Kier alpha value is -0.770. The Bertz CT molecular complexity index is 620. The van der Waals surface area contributed by atoms with Crippen LogP contribution in [0, 0.1) is 34.5 Å². The van der Waals surface area contributed by atoms with Crippen molar-refractivity contribution in [2.45, 2.75) is 104 Å². The Morgan fingerprint density at radius 3 is 2.31 bits per heavy atom. The maximum Gasteiger partial charge on any atom is 0.510 e. The zero-order valence-electron chi connectivity index (χ0n) is 18.8. The summed E-state index contributed by atoms with van der Waals surface area (Å²) < 4.78 is 10.5. The molecule has 0 amide bonds. The highest BCUT2D eigenvalue weighted by molar-refractivity contribution is 6.19. The normalized spacial score (nSPS) is 43.3. The molecule has 0 bridgehead atoms. The van der Waals surface area contributed by atoms with Crippen molar-refractivity contribution in [3.8, 4) is 0 Å². The van der Waals surface area contributed by atoms with Crippen LogP contribution in [0.2, 0.25) is 0 Å². The van der Waals surface area contributed by atoms with Gasteiger partial charge in [-0.2, -0.15) is 0 Å². The van der Waals surface area contributed by atoms with Crippen LogP contribution < -0.4 is 0 Å². The van der Waals surface area contributed by atoms with Gasteiger partial charge in [0.1, 0.15) is 11.9 Å². The lowest BCUT2D eigenvalue weighted by Gasteiger charge is -2.53. The zero-order valence-corrected chi connectivity index (χ0v) is 19.6. The number of halogens is 1. The van der Waals surface area contributed by atoms with Crippen molar-refractivity contribution < 1.29 is 19.1 Å². The van der Waals surface area contributed by atoms with E-state index < -0.39 is 11.7 Å². The molecule has 8 atom stereocenters. The van der Waals surface area contributed by atoms with Crippen LogP contribution in [0.25, 0.3) is 0 Å². The lowest BCUT2D eigenvalue weighted by molar-refractivity contribution is -0.126. The van der Waals surface area contributed by atoms with E-state index in [1.165, 1.54) is 25.7 Å². The average Bonchev–Trinajstić information content (AvgIpc) is 2.99. The average molecular weight is 427 g/mol. The van der Waals surface area contributed by atoms with E-state index in [9.17, 15) is 9.59 Å². The number of carbonyl (C=O) groups is 2. The van der Waals surface area contributed by atoms with E-state index in [4.69, 9.17) is 21.1 Å². The summed E-state index contributed by atoms with van der Waals surface area (Å²) in [5.41, 5.74) is -0.170. The van der Waals surface area contributed by atoms with Crippen molar-refractivity contribution in [2.75, 3.05) is 0 Å². The summed E-state index contributed by atoms with van der Waals surface area (Å²) in [4.78, 5) is 24.1. The lowest BCUT2D eigenvalue weighted by Crippen LogP contribution is -2.47. The van der Waals surface area contributed by atoms with E-state index in [-0.39, 0.29) is 22.9 Å². The molecule has 0 radical (unpaired) electrons. The maximum atomic E-state index is 12.2. The van der Waals surface area contributed by atoms with Gasteiger partial charge in [-0.3, -0.25) is 4.79 Å². The molecule has 3 fully saturated rings. The number of fused-ring (bicyclic) bond motifs is 1. The second-order valence-corrected chi connectivity index (χ2v) is 11.1. The van der Waals surface area contributed by atoms with Crippen LogP contribution in [0.1, 0.15) is 92.4 Å². The molecule has 3 rings (SSSR count). The Morgan fingerprint density at radius 2 is 1.69 bits per heavy atom. The lowest BCUT2D eigenvalue weighted by atomic mass is 9.52. The summed E-state index contributed by atoms with van der Waals surface area (Å²) >= 11 is 5.73. The second-order valence-electron chi connectivity index (χ2n) is 10.5. The number of Topliss-reactive ketones (excluding diaryl/α,β-unsaturated/α-hetero) is 1. The summed E-state index contributed by atoms with van der Waals surface area (Å²) in [6.07, 6.45) is 9.22. The van der Waals surface area contributed by atoms with Crippen molar-refractivity contribution in [1.82, 2.24) is 0 Å². The molecule has 166 valence electrons. The van der Waals surface area contributed by atoms with Crippen molar-refractivity contribution in [2.24, 2.45) is 34.5 Å². The molecular weight excluding hydrogens is 388 g/mol. The minimum Gasteiger partial charge on any atom is -0.431 e. The second kappa shape index (κ2) is 8.77. The van der Waals surface area contributed by atoms with Crippen LogP contribution in [0.3, 0.4) is 0 Å². The number of alkyl halides is 1. The van der Waals surface area contributed by atoms with Gasteiger partial charge in [0.05, 0.1) is 0 Å². The maximum absolute atomic E-state index is 12.2. The van der Waals surface area contributed by atoms with E-state index in [1.807, 2.05) is 0 Å². The first-order valence-electron chi connectivity index (χ1n) is 11.6. The largest absolute Gasteiger partial charge is 0.510 e. The fourth-order valence-electron chi connectivity index (χ4n) is 7.24. The molecule has 29 heavy (non-hydrogen) atoms. The molecule has 1 unspecified atom stereocenters. The summed E-state index contributed by atoms with van der Waals surface area (Å²) in [6.45, 7) is 10.5. The Labute approximate surface area is 181 Å². The highest BCUT2D eigenvalue weighted by Gasteiger charge is 2.55. The van der Waals surface area contributed by atoms with E-state index in [2.05, 4.69) is 20.8 Å². The molecule has 0 spiro atoms. The van der Waals surface area contributed by atoms with E-state index in [0.29, 0.717) is 23.5 Å². The predicted molar refractivity (Wildman–Crippen MR) is 115 cm³/mol. The fraction of sp³-hybridized carbons (Fsp3) is 0.917. The molecule has 0 aliphatic heterocycles. The molecule has 0 aromatic carbocycles. The fourth-order valence-corrected chi connectivity index (χ4v) is 7.32. The van der Waals surface area contributed by atoms with Crippen LogP contribution in [-0.4, -0.2) is 23.6 Å². The van der Waals surface area contributed by atoms with Crippen LogP contribution in [0.15, 0.2) is 0 Å². The van der Waals surface area contributed by atoms with Crippen LogP contribution in [0.5, 0.6) is 0 Å². The third kappa shape index (κ3) is 4.48. The molecule has 0 heterocycles. The number of hydrogen-bond acceptors (Lipinski definition) is 4. The van der Waals surface area contributed by atoms with E-state index in [1.54, 1.807) is 13.8 Å². The van der Waals surface area contributed by atoms with Gasteiger partial charge in [-0.1, -0.05) is 38.8 Å². The first-order valence-corrected chi connectivity index (χ1v) is 12.1. The molecule has 3 saturated carbocycles. The molecule has 3 aliphatic rings. The van der Waals surface area contributed by atoms with E-state index >= 15 is 0 Å². The Balaban J connectivity index is 1.65. The van der Waals surface area contributed by atoms with Gasteiger partial charge in [0.2, 0.25) is 0 Å². The summed E-state index contributed by atoms with van der Waals surface area (Å²) in [5, 5.41) is 0. The predicted octanol–water partition coefficient (Wildman–Crippen LogP) is 6.73. The zero-order chi connectivity index (χ0) is 21.4. The molecule has 0 aromatic rings. The summed E-state index contributed by atoms with van der Waals surface area (Å²) in [5.74, 6) is 2.58. The molecule has 0 saturated heterocycles. The van der Waals surface area contributed by atoms with Gasteiger partial charge >= 0.3 is 6.16 Å². The quantitative estimate of drug-likeness (QED) is 0.361. The van der Waals surface area contributed by atoms with Gasteiger partial charge in [0.15, 0.2) is 5.56 Å². The van der Waals surface area contributed by atoms with E-state index in [0.717, 1.165) is 32.1 Å². The monoisotopic (exact) mass is 426 g/mol. The summed E-state index contributed by atoms with van der Waals surface area (Å²) in [7, 11) is 0. The first kappa shape index (κ1) is 22.9. The Kier molecular flexibility index (Phi) is 6.92. The van der Waals surface area contributed by atoms with Gasteiger partial charge in [-0.25, -0.2) is 4.79 Å². The van der Waals surface area contributed by atoms with Crippen molar-refractivity contribution in [1.29, 1.82) is 0 Å². The molecule has 4 nitrogen and oxygen atoms in total. The van der Waals surface area contributed by atoms with Crippen molar-refractivity contribution in [3.63, 3.8) is 0 Å². The topological polar surface area (TPSA) is 52.6 Å². The van der Waals surface area contributed by atoms with Crippen molar-refractivity contribution >= 4 is 23.5 Å². The number of ketones is 1. The molecule has 0 N–H and O–H groups in total. The first-order chi connectivity index (χ1) is 13.6. The molecular formula is C24H39ClO4. The number of rotatable bonds is 5.